The zero-order chi connectivity index (χ0) is 8.18. The van der Waals surface area contributed by atoms with Crippen LogP contribution in [0.25, 0.3) is 0 Å². The average molecular weight is 168 g/mol. The number of Topliss-reactive ketones (excluding diaryl/α,β-unsaturated/α-hetero) is 1. The van der Waals surface area contributed by atoms with Gasteiger partial charge >= 0.3 is 0 Å². The number of ether oxygens (including phenoxy) is 2. The maximum atomic E-state index is 11.3. The van der Waals surface area contributed by atoms with Crippen LogP contribution in [0, 0.1) is 5.92 Å². The molecule has 3 heteroatoms. The van der Waals surface area contributed by atoms with Crippen LogP contribution in [-0.2, 0) is 14.3 Å². The zero-order valence-electron chi connectivity index (χ0n) is 6.91. The lowest BCUT2D eigenvalue weighted by Gasteiger charge is -2.30. The lowest BCUT2D eigenvalue weighted by atomic mass is 9.88. The van der Waals surface area contributed by atoms with Gasteiger partial charge < -0.3 is 9.47 Å². The van der Waals surface area contributed by atoms with Gasteiger partial charge in [-0.2, -0.15) is 0 Å². The Labute approximate surface area is 71.0 Å². The second-order valence-corrected chi connectivity index (χ2v) is 4.09. The summed E-state index contributed by atoms with van der Waals surface area (Å²) in [4.78, 5) is 11.3. The zero-order valence-corrected chi connectivity index (χ0v) is 6.91. The number of ketones is 1. The Balaban J connectivity index is 1.95. The third-order valence-corrected chi connectivity index (χ3v) is 3.44. The molecule has 66 valence electrons. The quantitative estimate of drug-likeness (QED) is 0.529. The Bertz CT molecular complexity index is 238. The predicted molar refractivity (Wildman–Crippen MR) is 40.8 cm³/mol. The van der Waals surface area contributed by atoms with Gasteiger partial charge in [0.05, 0.1) is 18.8 Å². The lowest BCUT2D eigenvalue weighted by molar-refractivity contribution is -0.147. The smallest absolute Gasteiger partial charge is 0.161 e. The first-order valence-corrected chi connectivity index (χ1v) is 4.58. The summed E-state index contributed by atoms with van der Waals surface area (Å²) in [6.07, 6.45) is 2.39. The molecule has 3 heterocycles. The van der Waals surface area contributed by atoms with Gasteiger partial charge in [-0.3, -0.25) is 4.79 Å². The Morgan fingerprint density at radius 3 is 3.33 bits per heavy atom. The van der Waals surface area contributed by atoms with Gasteiger partial charge in [0, 0.05) is 12.3 Å². The molecule has 3 aliphatic heterocycles. The molecular weight excluding hydrogens is 156 g/mol. The van der Waals surface area contributed by atoms with Crippen molar-refractivity contribution in [1.82, 2.24) is 0 Å². The highest BCUT2D eigenvalue weighted by Crippen LogP contribution is 2.47. The minimum Gasteiger partial charge on any atom is -0.378 e. The van der Waals surface area contributed by atoms with E-state index >= 15 is 0 Å². The third-order valence-electron chi connectivity index (χ3n) is 3.44. The van der Waals surface area contributed by atoms with Gasteiger partial charge in [-0.15, -0.1) is 0 Å². The molecule has 3 unspecified atom stereocenters. The summed E-state index contributed by atoms with van der Waals surface area (Å²) in [6.45, 7) is 1.51. The van der Waals surface area contributed by atoms with Crippen molar-refractivity contribution in [1.29, 1.82) is 0 Å². The fourth-order valence-electron chi connectivity index (χ4n) is 2.67. The van der Waals surface area contributed by atoms with Gasteiger partial charge in [-0.1, -0.05) is 0 Å². The van der Waals surface area contributed by atoms with Gasteiger partial charge in [0.25, 0.3) is 0 Å². The Morgan fingerprint density at radius 2 is 2.42 bits per heavy atom. The maximum absolute atomic E-state index is 11.3. The molecule has 3 nitrogen and oxygen atoms in total. The van der Waals surface area contributed by atoms with E-state index in [-0.39, 0.29) is 11.7 Å². The summed E-state index contributed by atoms with van der Waals surface area (Å²) in [5, 5.41) is 0. The van der Waals surface area contributed by atoms with Crippen LogP contribution in [0.4, 0.5) is 0 Å². The summed E-state index contributed by atoms with van der Waals surface area (Å²) in [5.41, 5.74) is -0.0570. The number of carbonyl (C=O) groups excluding carboxylic acids is 1. The van der Waals surface area contributed by atoms with Crippen LogP contribution in [0.15, 0.2) is 0 Å². The molecule has 3 saturated heterocycles. The molecule has 0 N–H and O–H groups in total. The summed E-state index contributed by atoms with van der Waals surface area (Å²) in [7, 11) is 0. The minimum atomic E-state index is -0.0901. The van der Waals surface area contributed by atoms with Crippen molar-refractivity contribution in [2.24, 2.45) is 5.92 Å². The summed E-state index contributed by atoms with van der Waals surface area (Å²) in [5.74, 6) is 0.795. The first kappa shape index (κ1) is 7.04. The van der Waals surface area contributed by atoms with E-state index in [0.717, 1.165) is 19.4 Å². The van der Waals surface area contributed by atoms with Crippen LogP contribution in [0.5, 0.6) is 0 Å². The Morgan fingerprint density at radius 1 is 1.50 bits per heavy atom. The minimum absolute atomic E-state index is 0.0570. The topological polar surface area (TPSA) is 35.5 Å². The van der Waals surface area contributed by atoms with Crippen LogP contribution in [0.1, 0.15) is 19.3 Å². The molecule has 12 heavy (non-hydrogen) atoms. The van der Waals surface area contributed by atoms with Crippen LogP contribution >= 0.6 is 0 Å². The fraction of sp³-hybridized carbons (Fsp3) is 0.889. The first-order chi connectivity index (χ1) is 5.80. The van der Waals surface area contributed by atoms with Crippen molar-refractivity contribution < 1.29 is 14.3 Å². The number of fused-ring (bicyclic) bond motifs is 1. The van der Waals surface area contributed by atoms with Gasteiger partial charge in [-0.05, 0) is 12.8 Å². The highest BCUT2D eigenvalue weighted by Gasteiger charge is 2.56. The number of hydrogen-bond donors (Lipinski definition) is 0. The second-order valence-electron chi connectivity index (χ2n) is 4.09. The Kier molecular flexibility index (Phi) is 1.23. The van der Waals surface area contributed by atoms with E-state index in [4.69, 9.17) is 9.47 Å². The van der Waals surface area contributed by atoms with Crippen molar-refractivity contribution in [3.05, 3.63) is 0 Å². The molecule has 3 atom stereocenters. The molecular formula is C9H12O3. The van der Waals surface area contributed by atoms with E-state index in [1.807, 2.05) is 0 Å². The van der Waals surface area contributed by atoms with E-state index in [1.54, 1.807) is 0 Å². The summed E-state index contributed by atoms with van der Waals surface area (Å²) in [6, 6.07) is 0. The second kappa shape index (κ2) is 2.09. The summed E-state index contributed by atoms with van der Waals surface area (Å²) < 4.78 is 11.1. The predicted octanol–water partition coefficient (Wildman–Crippen LogP) is 0.523. The van der Waals surface area contributed by atoms with Crippen LogP contribution in [0.2, 0.25) is 0 Å². The molecule has 0 amide bonds. The molecule has 0 aromatic heterocycles. The molecule has 2 bridgehead atoms. The fourth-order valence-corrected chi connectivity index (χ4v) is 2.67. The van der Waals surface area contributed by atoms with Crippen molar-refractivity contribution in [3.8, 4) is 0 Å². The molecule has 3 fully saturated rings. The number of hydrogen-bond acceptors (Lipinski definition) is 3. The van der Waals surface area contributed by atoms with E-state index in [1.165, 1.54) is 0 Å². The largest absolute Gasteiger partial charge is 0.378 e. The Hall–Kier alpha value is -0.410. The van der Waals surface area contributed by atoms with Gasteiger partial charge in [0.2, 0.25) is 0 Å². The summed E-state index contributed by atoms with van der Waals surface area (Å²) >= 11 is 0. The van der Waals surface area contributed by atoms with Gasteiger partial charge in [0.1, 0.15) is 6.10 Å². The van der Waals surface area contributed by atoms with E-state index < -0.39 is 0 Å². The molecule has 0 aromatic carbocycles. The molecule has 3 rings (SSSR count). The monoisotopic (exact) mass is 168 g/mol. The van der Waals surface area contributed by atoms with Gasteiger partial charge in [0.15, 0.2) is 5.78 Å². The number of carbonyl (C=O) groups is 1. The van der Waals surface area contributed by atoms with Crippen molar-refractivity contribution >= 4 is 5.78 Å². The van der Waals surface area contributed by atoms with Crippen LogP contribution in [-0.4, -0.2) is 30.7 Å². The van der Waals surface area contributed by atoms with E-state index in [2.05, 4.69) is 0 Å². The normalized spacial score (nSPS) is 51.2. The third kappa shape index (κ3) is 0.709. The van der Waals surface area contributed by atoms with Crippen LogP contribution in [0.3, 0.4) is 0 Å². The SMILES string of the molecule is O=C1CCC23COCC2CC1O3. The molecule has 1 spiro atoms. The molecule has 0 aliphatic carbocycles. The van der Waals surface area contributed by atoms with Crippen molar-refractivity contribution in [3.63, 3.8) is 0 Å². The maximum Gasteiger partial charge on any atom is 0.161 e. The van der Waals surface area contributed by atoms with Crippen molar-refractivity contribution in [2.75, 3.05) is 13.2 Å². The standard InChI is InChI=1S/C9H12O3/c10-7-1-2-9-5-11-4-6(9)3-8(7)12-9/h6,8H,1-5H2. The van der Waals surface area contributed by atoms with E-state index in [9.17, 15) is 4.79 Å². The van der Waals surface area contributed by atoms with Gasteiger partial charge in [-0.25, -0.2) is 0 Å². The average Bonchev–Trinajstić information content (AvgIpc) is 2.52. The lowest BCUT2D eigenvalue weighted by Crippen LogP contribution is -2.41. The highest BCUT2D eigenvalue weighted by molar-refractivity contribution is 5.84. The molecule has 0 aromatic rings. The number of rotatable bonds is 0. The molecule has 0 saturated carbocycles. The molecule has 3 aliphatic rings. The highest BCUT2D eigenvalue weighted by atomic mass is 16.6. The van der Waals surface area contributed by atoms with E-state index in [0.29, 0.717) is 24.7 Å². The van der Waals surface area contributed by atoms with Crippen LogP contribution < -0.4 is 0 Å². The molecule has 0 radical (unpaired) electrons. The van der Waals surface area contributed by atoms with Crippen molar-refractivity contribution in [2.45, 2.75) is 31.0 Å². The first-order valence-electron chi connectivity index (χ1n) is 4.58.